The molecule has 0 aliphatic carbocycles. The molecule has 1 aromatic heterocycles. The van der Waals surface area contributed by atoms with Crippen LogP contribution in [0.4, 0.5) is 4.39 Å². The molecule has 1 heterocycles. The number of rotatable bonds is 3. The summed E-state index contributed by atoms with van der Waals surface area (Å²) in [4.78, 5) is 1.09. The minimum Gasteiger partial charge on any atom is -0.488 e. The van der Waals surface area contributed by atoms with E-state index in [9.17, 15) is 4.39 Å². The highest BCUT2D eigenvalue weighted by molar-refractivity contribution is 9.10. The van der Waals surface area contributed by atoms with Crippen molar-refractivity contribution in [2.24, 2.45) is 0 Å². The van der Waals surface area contributed by atoms with Gasteiger partial charge in [-0.05, 0) is 55.4 Å². The van der Waals surface area contributed by atoms with Gasteiger partial charge >= 0.3 is 0 Å². The summed E-state index contributed by atoms with van der Waals surface area (Å²) in [6.45, 7) is 0.444. The second kappa shape index (κ2) is 5.29. The number of ether oxygens (including phenoxy) is 1. The topological polar surface area (TPSA) is 9.23 Å². The van der Waals surface area contributed by atoms with Gasteiger partial charge < -0.3 is 4.74 Å². The van der Waals surface area contributed by atoms with E-state index in [1.807, 2.05) is 11.4 Å². The lowest BCUT2D eigenvalue weighted by Crippen LogP contribution is -1.94. The second-order valence-electron chi connectivity index (χ2n) is 3.06. The molecule has 0 bridgehead atoms. The van der Waals surface area contributed by atoms with Gasteiger partial charge in [-0.3, -0.25) is 0 Å². The average molecular weight is 366 g/mol. The smallest absolute Gasteiger partial charge is 0.141 e. The molecule has 1 nitrogen and oxygen atoms in total. The zero-order valence-corrected chi connectivity index (χ0v) is 12.0. The van der Waals surface area contributed by atoms with E-state index in [0.717, 1.165) is 9.35 Å². The Morgan fingerprint density at radius 3 is 2.62 bits per heavy atom. The summed E-state index contributed by atoms with van der Waals surface area (Å²) < 4.78 is 20.1. The molecule has 0 N–H and O–H groups in total. The lowest BCUT2D eigenvalue weighted by atomic mass is 10.3. The summed E-state index contributed by atoms with van der Waals surface area (Å²) in [5, 5.41) is 1.98. The maximum absolute atomic E-state index is 13.2. The summed E-state index contributed by atoms with van der Waals surface area (Å²) >= 11 is 8.11. The molecule has 5 heteroatoms. The zero-order chi connectivity index (χ0) is 11.5. The van der Waals surface area contributed by atoms with Crippen molar-refractivity contribution >= 4 is 43.2 Å². The van der Waals surface area contributed by atoms with Gasteiger partial charge in [-0.1, -0.05) is 0 Å². The Labute approximate surface area is 114 Å². The molecule has 2 aromatic rings. The van der Waals surface area contributed by atoms with Gasteiger partial charge in [0.25, 0.3) is 0 Å². The minimum absolute atomic E-state index is 0.317. The predicted octanol–water partition coefficient (Wildman–Crippen LogP) is 4.99. The number of benzene rings is 1. The van der Waals surface area contributed by atoms with Crippen LogP contribution in [0.1, 0.15) is 4.88 Å². The lowest BCUT2D eigenvalue weighted by Gasteiger charge is -2.05. The van der Waals surface area contributed by atoms with Crippen LogP contribution in [0.5, 0.6) is 5.75 Å². The van der Waals surface area contributed by atoms with E-state index in [1.165, 1.54) is 6.07 Å². The normalized spacial score (nSPS) is 10.4. The summed E-state index contributed by atoms with van der Waals surface area (Å²) in [5.41, 5.74) is 0. The van der Waals surface area contributed by atoms with Crippen molar-refractivity contribution in [3.05, 3.63) is 49.3 Å². The highest BCUT2D eigenvalue weighted by Crippen LogP contribution is 2.26. The van der Waals surface area contributed by atoms with E-state index in [4.69, 9.17) is 4.74 Å². The Morgan fingerprint density at radius 2 is 2.00 bits per heavy atom. The molecule has 0 fully saturated rings. The fourth-order valence-corrected chi connectivity index (χ4v) is 2.77. The van der Waals surface area contributed by atoms with Crippen molar-refractivity contribution in [2.45, 2.75) is 6.61 Å². The highest BCUT2D eigenvalue weighted by Gasteiger charge is 2.04. The fraction of sp³-hybridized carbons (Fsp3) is 0.0909. The van der Waals surface area contributed by atoms with Crippen LogP contribution < -0.4 is 4.74 Å². The molecule has 1 aromatic carbocycles. The van der Waals surface area contributed by atoms with E-state index in [2.05, 4.69) is 31.9 Å². The van der Waals surface area contributed by atoms with Crippen LogP contribution >= 0.6 is 43.2 Å². The molecule has 16 heavy (non-hydrogen) atoms. The van der Waals surface area contributed by atoms with Crippen LogP contribution in [-0.4, -0.2) is 0 Å². The van der Waals surface area contributed by atoms with Crippen LogP contribution in [0.2, 0.25) is 0 Å². The fourth-order valence-electron chi connectivity index (χ4n) is 1.14. The van der Waals surface area contributed by atoms with Crippen molar-refractivity contribution in [1.82, 2.24) is 0 Å². The van der Waals surface area contributed by atoms with Crippen molar-refractivity contribution in [2.75, 3.05) is 0 Å². The van der Waals surface area contributed by atoms with Gasteiger partial charge in [0, 0.05) is 10.5 Å². The first-order valence-electron chi connectivity index (χ1n) is 4.46. The number of halogens is 3. The van der Waals surface area contributed by atoms with Crippen LogP contribution in [0.15, 0.2) is 38.6 Å². The number of hydrogen-bond donors (Lipinski definition) is 0. The van der Waals surface area contributed by atoms with Gasteiger partial charge in [0.1, 0.15) is 18.2 Å². The van der Waals surface area contributed by atoms with E-state index >= 15 is 0 Å². The van der Waals surface area contributed by atoms with Gasteiger partial charge in [0.15, 0.2) is 0 Å². The molecule has 0 unspecified atom stereocenters. The SMILES string of the molecule is Fc1cc(OCc2sccc2Br)ccc1Br. The molecule has 0 aliphatic rings. The molecule has 0 radical (unpaired) electrons. The summed E-state index contributed by atoms with van der Waals surface area (Å²) in [7, 11) is 0. The van der Waals surface area contributed by atoms with Crippen LogP contribution in [0, 0.1) is 5.82 Å². The molecule has 84 valence electrons. The average Bonchev–Trinajstić information content (AvgIpc) is 2.66. The molecule has 0 atom stereocenters. The number of thiophene rings is 1. The Kier molecular flexibility index (Phi) is 4.00. The third kappa shape index (κ3) is 2.84. The van der Waals surface area contributed by atoms with E-state index in [1.54, 1.807) is 23.5 Å². The maximum atomic E-state index is 13.2. The van der Waals surface area contributed by atoms with Gasteiger partial charge in [-0.15, -0.1) is 11.3 Å². The molecule has 0 saturated carbocycles. The molecule has 2 rings (SSSR count). The molecule has 0 aliphatic heterocycles. The molecule has 0 spiro atoms. The van der Waals surface area contributed by atoms with Crippen LogP contribution in [0.25, 0.3) is 0 Å². The summed E-state index contributed by atoms with van der Waals surface area (Å²) in [5.74, 6) is 0.212. The maximum Gasteiger partial charge on any atom is 0.141 e. The Morgan fingerprint density at radius 1 is 1.19 bits per heavy atom. The third-order valence-corrected chi connectivity index (χ3v) is 4.50. The van der Waals surface area contributed by atoms with E-state index < -0.39 is 0 Å². The van der Waals surface area contributed by atoms with Gasteiger partial charge in [0.2, 0.25) is 0 Å². The first-order chi connectivity index (χ1) is 7.66. The molecule has 0 amide bonds. The first kappa shape index (κ1) is 12.1. The Hall–Kier alpha value is -0.390. The van der Waals surface area contributed by atoms with E-state index in [0.29, 0.717) is 16.8 Å². The quantitative estimate of drug-likeness (QED) is 0.744. The largest absolute Gasteiger partial charge is 0.488 e. The van der Waals surface area contributed by atoms with Crippen LogP contribution in [0.3, 0.4) is 0 Å². The van der Waals surface area contributed by atoms with Crippen molar-refractivity contribution in [1.29, 1.82) is 0 Å². The molecule has 0 saturated heterocycles. The summed E-state index contributed by atoms with van der Waals surface area (Å²) in [6.07, 6.45) is 0. The lowest BCUT2D eigenvalue weighted by molar-refractivity contribution is 0.307. The van der Waals surface area contributed by atoms with Crippen molar-refractivity contribution in [3.8, 4) is 5.75 Å². The Bertz CT molecular complexity index is 498. The standard InChI is InChI=1S/C11H7Br2FOS/c12-8-2-1-7(5-10(8)14)15-6-11-9(13)3-4-16-11/h1-5H,6H2. The van der Waals surface area contributed by atoms with Gasteiger partial charge in [0.05, 0.1) is 9.35 Å². The molecular formula is C11H7Br2FOS. The Balaban J connectivity index is 2.05. The van der Waals surface area contributed by atoms with Crippen LogP contribution in [-0.2, 0) is 6.61 Å². The summed E-state index contributed by atoms with van der Waals surface area (Å²) in [6, 6.07) is 6.69. The molecular weight excluding hydrogens is 359 g/mol. The third-order valence-electron chi connectivity index (χ3n) is 1.95. The first-order valence-corrected chi connectivity index (χ1v) is 6.93. The highest BCUT2D eigenvalue weighted by atomic mass is 79.9. The second-order valence-corrected chi connectivity index (χ2v) is 5.77. The monoisotopic (exact) mass is 364 g/mol. The van der Waals surface area contributed by atoms with Crippen molar-refractivity contribution in [3.63, 3.8) is 0 Å². The number of hydrogen-bond acceptors (Lipinski definition) is 2. The van der Waals surface area contributed by atoms with Crippen molar-refractivity contribution < 1.29 is 9.13 Å². The van der Waals surface area contributed by atoms with E-state index in [-0.39, 0.29) is 5.82 Å². The minimum atomic E-state index is -0.317. The zero-order valence-electron chi connectivity index (χ0n) is 8.04. The van der Waals surface area contributed by atoms with Gasteiger partial charge in [-0.2, -0.15) is 0 Å². The predicted molar refractivity (Wildman–Crippen MR) is 70.5 cm³/mol. The van der Waals surface area contributed by atoms with Gasteiger partial charge in [-0.25, -0.2) is 4.39 Å².